The molecule has 5 nitrogen and oxygen atoms in total. The van der Waals surface area contributed by atoms with Gasteiger partial charge in [-0.15, -0.1) is 0 Å². The number of amides is 1. The number of carboxylic acid groups (broad SMARTS) is 1. The summed E-state index contributed by atoms with van der Waals surface area (Å²) in [4.78, 5) is 25.1. The standard InChI is InChI=1S/C15H23NO4/c1-5-11(6-2)16(9-10(3)4)14(17)12-7-8-13(20-12)15(18)19/h7-8,10-11H,5-6,9H2,1-4H3,(H,18,19). The molecule has 0 saturated heterocycles. The average molecular weight is 281 g/mol. The van der Waals surface area contributed by atoms with Gasteiger partial charge in [-0.2, -0.15) is 0 Å². The molecule has 0 fully saturated rings. The lowest BCUT2D eigenvalue weighted by molar-refractivity contribution is 0.0593. The van der Waals surface area contributed by atoms with Gasteiger partial charge in [-0.05, 0) is 30.9 Å². The summed E-state index contributed by atoms with van der Waals surface area (Å²) in [5.41, 5.74) is 0. The number of hydrogen-bond acceptors (Lipinski definition) is 3. The van der Waals surface area contributed by atoms with Crippen molar-refractivity contribution in [1.82, 2.24) is 4.90 Å². The van der Waals surface area contributed by atoms with E-state index in [1.165, 1.54) is 12.1 Å². The second kappa shape index (κ2) is 7.12. The van der Waals surface area contributed by atoms with Crippen LogP contribution in [0.1, 0.15) is 61.6 Å². The highest BCUT2D eigenvalue weighted by atomic mass is 16.4. The van der Waals surface area contributed by atoms with Crippen LogP contribution < -0.4 is 0 Å². The van der Waals surface area contributed by atoms with Crippen molar-refractivity contribution >= 4 is 11.9 Å². The number of furan rings is 1. The minimum absolute atomic E-state index is 0.0925. The fourth-order valence-corrected chi connectivity index (χ4v) is 2.23. The van der Waals surface area contributed by atoms with Crippen molar-refractivity contribution in [3.8, 4) is 0 Å². The zero-order valence-electron chi connectivity index (χ0n) is 12.5. The highest BCUT2D eigenvalue weighted by Crippen LogP contribution is 2.17. The van der Waals surface area contributed by atoms with E-state index in [2.05, 4.69) is 0 Å². The second-order valence-electron chi connectivity index (χ2n) is 5.29. The van der Waals surface area contributed by atoms with Gasteiger partial charge in [-0.3, -0.25) is 4.79 Å². The maximum atomic E-state index is 12.5. The van der Waals surface area contributed by atoms with Gasteiger partial charge in [0, 0.05) is 12.6 Å². The Labute approximate surface area is 119 Å². The van der Waals surface area contributed by atoms with E-state index in [1.807, 2.05) is 27.7 Å². The van der Waals surface area contributed by atoms with Gasteiger partial charge in [0.2, 0.25) is 5.76 Å². The van der Waals surface area contributed by atoms with Gasteiger partial charge >= 0.3 is 5.97 Å². The van der Waals surface area contributed by atoms with E-state index in [-0.39, 0.29) is 23.5 Å². The molecule has 0 aromatic carbocycles. The predicted molar refractivity (Wildman–Crippen MR) is 75.9 cm³/mol. The molecule has 1 N–H and O–H groups in total. The van der Waals surface area contributed by atoms with E-state index in [0.29, 0.717) is 12.5 Å². The van der Waals surface area contributed by atoms with E-state index in [0.717, 1.165) is 12.8 Å². The molecule has 0 aliphatic rings. The molecule has 0 saturated carbocycles. The van der Waals surface area contributed by atoms with Crippen molar-refractivity contribution in [1.29, 1.82) is 0 Å². The van der Waals surface area contributed by atoms with Gasteiger partial charge < -0.3 is 14.4 Å². The van der Waals surface area contributed by atoms with Crippen molar-refractivity contribution in [2.45, 2.75) is 46.6 Å². The summed E-state index contributed by atoms with van der Waals surface area (Å²) in [5.74, 6) is -1.17. The topological polar surface area (TPSA) is 70.8 Å². The Morgan fingerprint density at radius 1 is 1.20 bits per heavy atom. The first-order valence-corrected chi connectivity index (χ1v) is 7.04. The van der Waals surface area contributed by atoms with E-state index >= 15 is 0 Å². The quantitative estimate of drug-likeness (QED) is 0.832. The highest BCUT2D eigenvalue weighted by molar-refractivity contribution is 5.93. The van der Waals surface area contributed by atoms with E-state index in [4.69, 9.17) is 9.52 Å². The van der Waals surface area contributed by atoms with Crippen molar-refractivity contribution in [2.75, 3.05) is 6.54 Å². The molecule has 0 aliphatic carbocycles. The largest absolute Gasteiger partial charge is 0.475 e. The molecule has 20 heavy (non-hydrogen) atoms. The fraction of sp³-hybridized carbons (Fsp3) is 0.600. The van der Waals surface area contributed by atoms with Crippen molar-refractivity contribution in [3.05, 3.63) is 23.7 Å². The first-order valence-electron chi connectivity index (χ1n) is 7.04. The van der Waals surface area contributed by atoms with Gasteiger partial charge in [-0.25, -0.2) is 4.79 Å². The number of carboxylic acids is 1. The number of hydrogen-bond donors (Lipinski definition) is 1. The Balaban J connectivity index is 2.99. The second-order valence-corrected chi connectivity index (χ2v) is 5.29. The van der Waals surface area contributed by atoms with Crippen molar-refractivity contribution in [3.63, 3.8) is 0 Å². The first kappa shape index (κ1) is 16.3. The molecular weight excluding hydrogens is 258 g/mol. The number of carbonyl (C=O) groups excluding carboxylic acids is 1. The van der Waals surface area contributed by atoms with Crippen LogP contribution in [0.5, 0.6) is 0 Å². The van der Waals surface area contributed by atoms with Crippen LogP contribution in [-0.4, -0.2) is 34.5 Å². The highest BCUT2D eigenvalue weighted by Gasteiger charge is 2.26. The maximum Gasteiger partial charge on any atom is 0.371 e. The Bertz CT molecular complexity index is 460. The SMILES string of the molecule is CCC(CC)N(CC(C)C)C(=O)c1ccc(C(=O)O)o1. The van der Waals surface area contributed by atoms with Gasteiger partial charge in [0.1, 0.15) is 0 Å². The molecule has 1 amide bonds. The fourth-order valence-electron chi connectivity index (χ4n) is 2.23. The van der Waals surface area contributed by atoms with Gasteiger partial charge in [0.25, 0.3) is 5.91 Å². The minimum atomic E-state index is -1.16. The average Bonchev–Trinajstić information content (AvgIpc) is 2.87. The molecule has 0 spiro atoms. The number of aromatic carboxylic acids is 1. The van der Waals surface area contributed by atoms with Gasteiger partial charge in [0.15, 0.2) is 5.76 Å². The number of carbonyl (C=O) groups is 2. The van der Waals surface area contributed by atoms with Crippen molar-refractivity contribution < 1.29 is 19.1 Å². The number of nitrogens with zero attached hydrogens (tertiary/aromatic N) is 1. The molecule has 0 aliphatic heterocycles. The minimum Gasteiger partial charge on any atom is -0.475 e. The summed E-state index contributed by atoms with van der Waals surface area (Å²) < 4.78 is 5.12. The van der Waals surface area contributed by atoms with E-state index in [9.17, 15) is 9.59 Å². The number of rotatable bonds is 7. The normalized spacial score (nSPS) is 11.1. The lowest BCUT2D eigenvalue weighted by Gasteiger charge is -2.31. The first-order chi connectivity index (χ1) is 9.40. The zero-order valence-corrected chi connectivity index (χ0v) is 12.5. The molecule has 0 radical (unpaired) electrons. The molecular formula is C15H23NO4. The van der Waals surface area contributed by atoms with Crippen LogP contribution in [0.4, 0.5) is 0 Å². The molecule has 1 aromatic heterocycles. The van der Waals surface area contributed by atoms with Crippen molar-refractivity contribution in [2.24, 2.45) is 5.92 Å². The van der Waals surface area contributed by atoms with Crippen LogP contribution in [0.3, 0.4) is 0 Å². The van der Waals surface area contributed by atoms with E-state index < -0.39 is 5.97 Å². The molecule has 1 heterocycles. The van der Waals surface area contributed by atoms with Crippen LogP contribution in [0.15, 0.2) is 16.5 Å². The Morgan fingerprint density at radius 3 is 2.15 bits per heavy atom. The lowest BCUT2D eigenvalue weighted by atomic mass is 10.1. The summed E-state index contributed by atoms with van der Waals surface area (Å²) in [6, 6.07) is 2.89. The third-order valence-electron chi connectivity index (χ3n) is 3.23. The van der Waals surface area contributed by atoms with Crippen LogP contribution in [0, 0.1) is 5.92 Å². The van der Waals surface area contributed by atoms with Crippen LogP contribution >= 0.6 is 0 Å². The Hall–Kier alpha value is -1.78. The smallest absolute Gasteiger partial charge is 0.371 e. The summed E-state index contributed by atoms with van der Waals surface area (Å²) in [7, 11) is 0. The van der Waals surface area contributed by atoms with Gasteiger partial charge in [0.05, 0.1) is 0 Å². The monoisotopic (exact) mass is 281 g/mol. The zero-order chi connectivity index (χ0) is 15.3. The maximum absolute atomic E-state index is 12.5. The third-order valence-corrected chi connectivity index (χ3v) is 3.23. The summed E-state index contributed by atoms with van der Waals surface area (Å²) in [6.45, 7) is 8.81. The van der Waals surface area contributed by atoms with Crippen LogP contribution in [0.2, 0.25) is 0 Å². The van der Waals surface area contributed by atoms with Gasteiger partial charge in [-0.1, -0.05) is 27.7 Å². The Kier molecular flexibility index (Phi) is 5.80. The summed E-state index contributed by atoms with van der Waals surface area (Å²) in [6.07, 6.45) is 1.73. The summed E-state index contributed by atoms with van der Waals surface area (Å²) in [5, 5.41) is 8.85. The summed E-state index contributed by atoms with van der Waals surface area (Å²) >= 11 is 0. The predicted octanol–water partition coefficient (Wildman–Crippen LogP) is 3.26. The molecule has 0 bridgehead atoms. The lowest BCUT2D eigenvalue weighted by Crippen LogP contribution is -2.41. The van der Waals surface area contributed by atoms with Crippen LogP contribution in [-0.2, 0) is 0 Å². The Morgan fingerprint density at radius 2 is 1.75 bits per heavy atom. The van der Waals surface area contributed by atoms with Crippen LogP contribution in [0.25, 0.3) is 0 Å². The van der Waals surface area contributed by atoms with E-state index in [1.54, 1.807) is 4.90 Å². The molecule has 5 heteroatoms. The molecule has 112 valence electrons. The molecule has 0 atom stereocenters. The third kappa shape index (κ3) is 3.85. The molecule has 1 aromatic rings. The molecule has 0 unspecified atom stereocenters. The molecule has 1 rings (SSSR count).